The van der Waals surface area contributed by atoms with Crippen LogP contribution in [0.2, 0.25) is 0 Å². The number of aryl methyl sites for hydroxylation is 1. The Hall–Kier alpha value is -2.97. The van der Waals surface area contributed by atoms with Gasteiger partial charge < -0.3 is 20.4 Å². The van der Waals surface area contributed by atoms with E-state index in [0.29, 0.717) is 11.6 Å². The van der Waals surface area contributed by atoms with Crippen molar-refractivity contribution in [1.82, 2.24) is 15.3 Å². The van der Waals surface area contributed by atoms with E-state index in [1.807, 2.05) is 32.1 Å². The lowest BCUT2D eigenvalue weighted by Gasteiger charge is -2.30. The Morgan fingerprint density at radius 1 is 1.10 bits per heavy atom. The standard InChI is InChI=1S/C22H30F2N6O/c1-14-12-25-22(28-21(14)29(2)3)27-16-7-5-15(6-8-16)26-20(31)13-30(4)17-9-10-18(23)19(24)11-17/h9-12,15-16H,5-8,13H2,1-4H3,(H,26,31)(H,25,27,28). The number of benzene rings is 1. The number of amides is 1. The number of halogens is 2. The zero-order valence-electron chi connectivity index (χ0n) is 18.5. The van der Waals surface area contributed by atoms with Crippen molar-refractivity contribution in [3.8, 4) is 0 Å². The number of hydrogen-bond acceptors (Lipinski definition) is 6. The van der Waals surface area contributed by atoms with E-state index < -0.39 is 11.6 Å². The van der Waals surface area contributed by atoms with E-state index in [1.54, 1.807) is 11.9 Å². The second-order valence-electron chi connectivity index (χ2n) is 8.31. The molecule has 1 amide bonds. The van der Waals surface area contributed by atoms with Crippen LogP contribution in [0.4, 0.5) is 26.2 Å². The third-order valence-electron chi connectivity index (χ3n) is 5.52. The van der Waals surface area contributed by atoms with E-state index in [4.69, 9.17) is 0 Å². The first kappa shape index (κ1) is 22.7. The van der Waals surface area contributed by atoms with Crippen LogP contribution >= 0.6 is 0 Å². The van der Waals surface area contributed by atoms with E-state index in [-0.39, 0.29) is 24.5 Å². The normalized spacial score (nSPS) is 18.4. The molecule has 0 radical (unpaired) electrons. The summed E-state index contributed by atoms with van der Waals surface area (Å²) >= 11 is 0. The summed E-state index contributed by atoms with van der Waals surface area (Å²) in [6.45, 7) is 2.06. The molecule has 2 aromatic rings. The Bertz CT molecular complexity index is 915. The Labute approximate surface area is 181 Å². The summed E-state index contributed by atoms with van der Waals surface area (Å²) in [5, 5.41) is 6.45. The molecule has 1 aromatic carbocycles. The van der Waals surface area contributed by atoms with Gasteiger partial charge in [0.15, 0.2) is 11.6 Å². The molecule has 1 fully saturated rings. The number of likely N-dealkylation sites (N-methyl/N-ethyl adjacent to an activating group) is 1. The number of aromatic nitrogens is 2. The molecule has 0 bridgehead atoms. The predicted molar refractivity (Wildman–Crippen MR) is 119 cm³/mol. The smallest absolute Gasteiger partial charge is 0.239 e. The van der Waals surface area contributed by atoms with Gasteiger partial charge in [0.05, 0.1) is 6.54 Å². The molecule has 2 N–H and O–H groups in total. The zero-order chi connectivity index (χ0) is 22.5. The molecule has 9 heteroatoms. The van der Waals surface area contributed by atoms with Gasteiger partial charge in [-0.3, -0.25) is 4.79 Å². The predicted octanol–water partition coefficient (Wildman–Crippen LogP) is 3.10. The molecule has 168 valence electrons. The van der Waals surface area contributed by atoms with E-state index in [0.717, 1.165) is 49.2 Å². The second kappa shape index (κ2) is 9.89. The maximum atomic E-state index is 13.4. The van der Waals surface area contributed by atoms with Crippen molar-refractivity contribution >= 4 is 23.4 Å². The lowest BCUT2D eigenvalue weighted by molar-refractivity contribution is -0.120. The maximum absolute atomic E-state index is 13.4. The van der Waals surface area contributed by atoms with Crippen LogP contribution in [0.25, 0.3) is 0 Å². The van der Waals surface area contributed by atoms with Crippen LogP contribution in [0.1, 0.15) is 31.2 Å². The van der Waals surface area contributed by atoms with Crippen molar-refractivity contribution in [1.29, 1.82) is 0 Å². The minimum absolute atomic E-state index is 0.0772. The first-order valence-corrected chi connectivity index (χ1v) is 10.5. The molecule has 1 aromatic heterocycles. The van der Waals surface area contributed by atoms with Crippen molar-refractivity contribution in [3.63, 3.8) is 0 Å². The lowest BCUT2D eigenvalue weighted by Crippen LogP contribution is -2.44. The quantitative estimate of drug-likeness (QED) is 0.701. The summed E-state index contributed by atoms with van der Waals surface area (Å²) in [6.07, 6.45) is 5.33. The molecule has 3 rings (SSSR count). The van der Waals surface area contributed by atoms with Gasteiger partial charge in [0.2, 0.25) is 11.9 Å². The van der Waals surface area contributed by atoms with Crippen molar-refractivity contribution in [2.75, 3.05) is 42.8 Å². The number of hydrogen-bond donors (Lipinski definition) is 2. The number of carbonyl (C=O) groups is 1. The Morgan fingerprint density at radius 3 is 2.42 bits per heavy atom. The molecule has 0 atom stereocenters. The van der Waals surface area contributed by atoms with E-state index in [9.17, 15) is 13.6 Å². The van der Waals surface area contributed by atoms with Gasteiger partial charge in [-0.15, -0.1) is 0 Å². The number of nitrogens with one attached hydrogen (secondary N) is 2. The molecule has 7 nitrogen and oxygen atoms in total. The van der Waals surface area contributed by atoms with Gasteiger partial charge in [-0.1, -0.05) is 0 Å². The van der Waals surface area contributed by atoms with Crippen LogP contribution in [0.15, 0.2) is 24.4 Å². The highest BCUT2D eigenvalue weighted by atomic mass is 19.2. The summed E-state index contributed by atoms with van der Waals surface area (Å²) in [7, 11) is 5.59. The first-order chi connectivity index (χ1) is 14.7. The third-order valence-corrected chi connectivity index (χ3v) is 5.52. The van der Waals surface area contributed by atoms with Gasteiger partial charge in [0, 0.05) is 56.7 Å². The zero-order valence-corrected chi connectivity index (χ0v) is 18.5. The molecule has 0 saturated heterocycles. The van der Waals surface area contributed by atoms with Crippen LogP contribution < -0.4 is 20.4 Å². The number of carbonyl (C=O) groups excluding carboxylic acids is 1. The fraction of sp³-hybridized carbons (Fsp3) is 0.500. The average molecular weight is 433 g/mol. The summed E-state index contributed by atoms with van der Waals surface area (Å²) in [6, 6.07) is 3.97. The molecule has 0 spiro atoms. The molecule has 1 aliphatic rings. The largest absolute Gasteiger partial charge is 0.365 e. The SMILES string of the molecule is Cc1cnc(NC2CCC(NC(=O)CN(C)c3ccc(F)c(F)c3)CC2)nc1N(C)C. The van der Waals surface area contributed by atoms with E-state index in [2.05, 4.69) is 20.6 Å². The Balaban J connectivity index is 1.46. The number of anilines is 3. The average Bonchev–Trinajstić information content (AvgIpc) is 2.72. The van der Waals surface area contributed by atoms with Crippen LogP contribution in [-0.4, -0.2) is 55.6 Å². The van der Waals surface area contributed by atoms with E-state index >= 15 is 0 Å². The van der Waals surface area contributed by atoms with E-state index in [1.165, 1.54) is 6.07 Å². The first-order valence-electron chi connectivity index (χ1n) is 10.5. The molecular formula is C22H30F2N6O. The van der Waals surface area contributed by atoms with Crippen LogP contribution in [0.5, 0.6) is 0 Å². The highest BCUT2D eigenvalue weighted by molar-refractivity contribution is 5.81. The molecule has 1 aliphatic carbocycles. The van der Waals surface area contributed by atoms with Gasteiger partial charge >= 0.3 is 0 Å². The van der Waals surface area contributed by atoms with Crippen LogP contribution in [-0.2, 0) is 4.79 Å². The number of rotatable bonds is 7. The van der Waals surface area contributed by atoms with Crippen molar-refractivity contribution in [2.24, 2.45) is 0 Å². The van der Waals surface area contributed by atoms with Gasteiger partial charge in [-0.05, 0) is 44.7 Å². The Kier molecular flexibility index (Phi) is 7.25. The van der Waals surface area contributed by atoms with Crippen molar-refractivity contribution in [2.45, 2.75) is 44.7 Å². The van der Waals surface area contributed by atoms with Crippen LogP contribution in [0, 0.1) is 18.6 Å². The minimum Gasteiger partial charge on any atom is -0.365 e. The number of nitrogens with zero attached hydrogens (tertiary/aromatic N) is 4. The minimum atomic E-state index is -0.925. The molecule has 1 heterocycles. The van der Waals surface area contributed by atoms with Crippen molar-refractivity contribution in [3.05, 3.63) is 41.6 Å². The second-order valence-corrected chi connectivity index (χ2v) is 8.31. The fourth-order valence-corrected chi connectivity index (χ4v) is 3.82. The van der Waals surface area contributed by atoms with Gasteiger partial charge in [-0.25, -0.2) is 13.8 Å². The Morgan fingerprint density at radius 2 is 1.77 bits per heavy atom. The van der Waals surface area contributed by atoms with Crippen molar-refractivity contribution < 1.29 is 13.6 Å². The lowest BCUT2D eigenvalue weighted by atomic mass is 9.91. The molecule has 1 saturated carbocycles. The molecular weight excluding hydrogens is 402 g/mol. The highest BCUT2D eigenvalue weighted by Gasteiger charge is 2.23. The molecule has 0 aliphatic heterocycles. The van der Waals surface area contributed by atoms with Gasteiger partial charge in [0.25, 0.3) is 0 Å². The fourth-order valence-electron chi connectivity index (χ4n) is 3.82. The summed E-state index contributed by atoms with van der Waals surface area (Å²) < 4.78 is 26.5. The third kappa shape index (κ3) is 6.02. The summed E-state index contributed by atoms with van der Waals surface area (Å²) in [4.78, 5) is 24.9. The van der Waals surface area contributed by atoms with Crippen LogP contribution in [0.3, 0.4) is 0 Å². The molecule has 31 heavy (non-hydrogen) atoms. The van der Waals surface area contributed by atoms with Gasteiger partial charge in [-0.2, -0.15) is 4.98 Å². The summed E-state index contributed by atoms with van der Waals surface area (Å²) in [5.74, 6) is -0.452. The topological polar surface area (TPSA) is 73.4 Å². The summed E-state index contributed by atoms with van der Waals surface area (Å²) in [5.41, 5.74) is 1.48. The highest BCUT2D eigenvalue weighted by Crippen LogP contribution is 2.23. The maximum Gasteiger partial charge on any atom is 0.239 e. The molecule has 0 unspecified atom stereocenters. The monoisotopic (exact) mass is 432 g/mol. The van der Waals surface area contributed by atoms with Gasteiger partial charge in [0.1, 0.15) is 5.82 Å².